The monoisotopic (exact) mass is 391 g/mol. The van der Waals surface area contributed by atoms with Gasteiger partial charge in [-0.3, -0.25) is 0 Å². The van der Waals surface area contributed by atoms with Crippen LogP contribution in [0.1, 0.15) is 51.8 Å². The number of halogens is 1. The predicted octanol–water partition coefficient (Wildman–Crippen LogP) is 5.68. The van der Waals surface area contributed by atoms with Gasteiger partial charge in [0.15, 0.2) is 0 Å². The second kappa shape index (κ2) is 8.85. The highest BCUT2D eigenvalue weighted by molar-refractivity contribution is 6.31. The average Bonchev–Trinajstić information content (AvgIpc) is 2.58. The predicted molar refractivity (Wildman–Crippen MR) is 112 cm³/mol. The summed E-state index contributed by atoms with van der Waals surface area (Å²) < 4.78 is 11.4. The van der Waals surface area contributed by atoms with Gasteiger partial charge in [0.1, 0.15) is 17.6 Å². The zero-order valence-corrected chi connectivity index (χ0v) is 17.7. The van der Waals surface area contributed by atoms with Crippen LogP contribution in [0, 0.1) is 5.41 Å². The Balaban J connectivity index is 2.56. The number of benzene rings is 2. The molecule has 2 aromatic rings. The second-order valence-electron chi connectivity index (χ2n) is 8.09. The van der Waals surface area contributed by atoms with Crippen LogP contribution in [0.2, 0.25) is 5.02 Å². The molecular formula is C22H30ClNO3. The average molecular weight is 392 g/mol. The van der Waals surface area contributed by atoms with Crippen molar-refractivity contribution in [2.45, 2.75) is 46.8 Å². The molecule has 0 spiro atoms. The largest absolute Gasteiger partial charge is 0.496 e. The Morgan fingerprint density at radius 1 is 1.07 bits per heavy atom. The molecule has 0 bridgehead atoms. The molecule has 0 radical (unpaired) electrons. The Morgan fingerprint density at radius 2 is 1.74 bits per heavy atom. The van der Waals surface area contributed by atoms with Gasteiger partial charge in [0.2, 0.25) is 0 Å². The molecule has 2 N–H and O–H groups in total. The number of nitrogens with one attached hydrogen (secondary N) is 1. The highest BCUT2D eigenvalue weighted by Crippen LogP contribution is 2.41. The van der Waals surface area contributed by atoms with Crippen LogP contribution in [0.25, 0.3) is 0 Å². The lowest BCUT2D eigenvalue weighted by Gasteiger charge is -2.26. The van der Waals surface area contributed by atoms with Gasteiger partial charge in [-0.25, -0.2) is 0 Å². The maximum atomic E-state index is 11.2. The minimum Gasteiger partial charge on any atom is -0.496 e. The molecule has 0 aromatic heterocycles. The molecule has 2 aromatic carbocycles. The number of rotatable bonds is 7. The Morgan fingerprint density at radius 3 is 2.33 bits per heavy atom. The Hall–Kier alpha value is -1.91. The highest BCUT2D eigenvalue weighted by Gasteiger charge is 2.23. The molecule has 5 heteroatoms. The van der Waals surface area contributed by atoms with Crippen LogP contribution in [0.3, 0.4) is 0 Å². The summed E-state index contributed by atoms with van der Waals surface area (Å²) in [5.74, 6) is 1.25. The van der Waals surface area contributed by atoms with E-state index in [-0.39, 0.29) is 11.5 Å². The molecule has 0 aliphatic rings. The summed E-state index contributed by atoms with van der Waals surface area (Å²) in [5.41, 5.74) is 2.14. The zero-order valence-electron chi connectivity index (χ0n) is 17.0. The van der Waals surface area contributed by atoms with Gasteiger partial charge in [-0.15, -0.1) is 0 Å². The summed E-state index contributed by atoms with van der Waals surface area (Å²) in [4.78, 5) is 0. The van der Waals surface area contributed by atoms with Gasteiger partial charge >= 0.3 is 0 Å². The number of hydrogen-bond donors (Lipinski definition) is 2. The number of aliphatic hydroxyl groups is 1. The Bertz CT molecular complexity index is 769. The topological polar surface area (TPSA) is 50.7 Å². The van der Waals surface area contributed by atoms with Crippen LogP contribution in [-0.2, 0) is 0 Å². The van der Waals surface area contributed by atoms with Gasteiger partial charge in [-0.2, -0.15) is 0 Å². The number of hydrogen-bond acceptors (Lipinski definition) is 4. The van der Waals surface area contributed by atoms with Crippen LogP contribution >= 0.6 is 11.6 Å². The molecule has 0 heterocycles. The van der Waals surface area contributed by atoms with E-state index >= 15 is 0 Å². The van der Waals surface area contributed by atoms with Gasteiger partial charge in [-0.1, -0.05) is 50.6 Å². The SMILES string of the molecule is COc1ccccc1C(O)c1cc(Cl)cc(OC(C)C)c1NCC(C)(C)C. The third-order valence-corrected chi connectivity index (χ3v) is 4.20. The zero-order chi connectivity index (χ0) is 20.2. The first-order valence-corrected chi connectivity index (χ1v) is 9.55. The van der Waals surface area contributed by atoms with Crippen LogP contribution in [0.4, 0.5) is 5.69 Å². The number of aliphatic hydroxyl groups excluding tert-OH is 1. The van der Waals surface area contributed by atoms with E-state index in [1.807, 2.05) is 38.1 Å². The van der Waals surface area contributed by atoms with Gasteiger partial charge in [-0.05, 0) is 31.4 Å². The summed E-state index contributed by atoms with van der Waals surface area (Å²) in [6, 6.07) is 11.0. The maximum absolute atomic E-state index is 11.2. The van der Waals surface area contributed by atoms with E-state index in [0.717, 1.165) is 5.69 Å². The number of anilines is 1. The lowest BCUT2D eigenvalue weighted by atomic mass is 9.95. The molecule has 1 unspecified atom stereocenters. The van der Waals surface area contributed by atoms with Crippen LogP contribution < -0.4 is 14.8 Å². The second-order valence-corrected chi connectivity index (χ2v) is 8.53. The van der Waals surface area contributed by atoms with Crippen LogP contribution in [-0.4, -0.2) is 24.9 Å². The maximum Gasteiger partial charge on any atom is 0.144 e. The Kier molecular flexibility index (Phi) is 7.01. The van der Waals surface area contributed by atoms with Crippen molar-refractivity contribution in [3.8, 4) is 11.5 Å². The van der Waals surface area contributed by atoms with Gasteiger partial charge < -0.3 is 19.9 Å². The number of methoxy groups -OCH3 is 1. The molecule has 27 heavy (non-hydrogen) atoms. The molecule has 0 saturated heterocycles. The van der Waals surface area contributed by atoms with Crippen molar-refractivity contribution in [1.82, 2.24) is 0 Å². The van der Waals surface area contributed by atoms with Crippen molar-refractivity contribution >= 4 is 17.3 Å². The lowest BCUT2D eigenvalue weighted by molar-refractivity contribution is 0.212. The van der Waals surface area contributed by atoms with Gasteiger partial charge in [0, 0.05) is 28.8 Å². The first-order chi connectivity index (χ1) is 12.6. The van der Waals surface area contributed by atoms with Gasteiger partial charge in [0.25, 0.3) is 0 Å². The molecule has 0 amide bonds. The van der Waals surface area contributed by atoms with Crippen LogP contribution in [0.15, 0.2) is 36.4 Å². The van der Waals surface area contributed by atoms with Crippen molar-refractivity contribution in [2.75, 3.05) is 19.0 Å². The quantitative estimate of drug-likeness (QED) is 0.637. The van der Waals surface area contributed by atoms with Crippen molar-refractivity contribution in [3.63, 3.8) is 0 Å². The van der Waals surface area contributed by atoms with E-state index in [2.05, 4.69) is 26.1 Å². The fourth-order valence-electron chi connectivity index (χ4n) is 2.77. The molecule has 148 valence electrons. The first-order valence-electron chi connectivity index (χ1n) is 9.17. The van der Waals surface area contributed by atoms with E-state index in [0.29, 0.717) is 34.2 Å². The summed E-state index contributed by atoms with van der Waals surface area (Å²) in [7, 11) is 1.59. The summed E-state index contributed by atoms with van der Waals surface area (Å²) in [5, 5.41) is 15.1. The van der Waals surface area contributed by atoms with Crippen molar-refractivity contribution in [1.29, 1.82) is 0 Å². The standard InChI is InChI=1S/C22H30ClNO3/c1-14(2)27-19-12-15(23)11-17(20(19)24-13-22(3,4)5)21(25)16-9-7-8-10-18(16)26-6/h7-12,14,21,24-25H,13H2,1-6H3. The molecular weight excluding hydrogens is 362 g/mol. The van der Waals surface area contributed by atoms with E-state index in [4.69, 9.17) is 21.1 Å². The molecule has 4 nitrogen and oxygen atoms in total. The van der Waals surface area contributed by atoms with Gasteiger partial charge in [0.05, 0.1) is 18.9 Å². The summed E-state index contributed by atoms with van der Waals surface area (Å²) in [6.45, 7) is 11.1. The van der Waals surface area contributed by atoms with Crippen molar-refractivity contribution in [2.24, 2.45) is 5.41 Å². The number of ether oxygens (including phenoxy) is 2. The van der Waals surface area contributed by atoms with E-state index in [9.17, 15) is 5.11 Å². The highest BCUT2D eigenvalue weighted by atomic mass is 35.5. The first kappa shape index (κ1) is 21.4. The van der Waals surface area contributed by atoms with E-state index in [1.165, 1.54) is 0 Å². The van der Waals surface area contributed by atoms with E-state index < -0.39 is 6.10 Å². The Labute approximate surface area is 167 Å². The minimum atomic E-state index is -0.906. The molecule has 0 fully saturated rings. The molecule has 0 aliphatic carbocycles. The fourth-order valence-corrected chi connectivity index (χ4v) is 2.98. The molecule has 2 rings (SSSR count). The van der Waals surface area contributed by atoms with Crippen molar-refractivity contribution < 1.29 is 14.6 Å². The third-order valence-electron chi connectivity index (χ3n) is 3.98. The third kappa shape index (κ3) is 5.78. The van der Waals surface area contributed by atoms with E-state index in [1.54, 1.807) is 19.2 Å². The smallest absolute Gasteiger partial charge is 0.144 e. The summed E-state index contributed by atoms with van der Waals surface area (Å²) in [6.07, 6.45) is -0.924. The van der Waals surface area contributed by atoms with Crippen LogP contribution in [0.5, 0.6) is 11.5 Å². The lowest BCUT2D eigenvalue weighted by Crippen LogP contribution is -2.21. The normalized spacial score (nSPS) is 12.8. The molecule has 0 aliphatic heterocycles. The summed E-state index contributed by atoms with van der Waals surface area (Å²) >= 11 is 6.35. The number of para-hydroxylation sites is 1. The fraction of sp³-hybridized carbons (Fsp3) is 0.455. The van der Waals surface area contributed by atoms with Crippen molar-refractivity contribution in [3.05, 3.63) is 52.5 Å². The molecule has 1 atom stereocenters. The minimum absolute atomic E-state index is 0.0186. The molecule has 0 saturated carbocycles.